The van der Waals surface area contributed by atoms with Gasteiger partial charge < -0.3 is 19.6 Å². The molecule has 0 aromatic heterocycles. The molecular formula is C39H39ClN2O5. The Morgan fingerprint density at radius 1 is 0.851 bits per heavy atom. The van der Waals surface area contributed by atoms with Gasteiger partial charge in [0.15, 0.2) is 0 Å². The van der Waals surface area contributed by atoms with Crippen molar-refractivity contribution in [3.05, 3.63) is 130 Å². The molecule has 0 unspecified atom stereocenters. The highest BCUT2D eigenvalue weighted by Gasteiger charge is 2.38. The van der Waals surface area contributed by atoms with Crippen LogP contribution in [0, 0.1) is 5.92 Å². The van der Waals surface area contributed by atoms with Gasteiger partial charge in [-0.15, -0.1) is 0 Å². The van der Waals surface area contributed by atoms with Gasteiger partial charge in [0.25, 0.3) is 0 Å². The van der Waals surface area contributed by atoms with Crippen LogP contribution in [-0.2, 0) is 27.2 Å². The Morgan fingerprint density at radius 3 is 2.09 bits per heavy atom. The summed E-state index contributed by atoms with van der Waals surface area (Å²) in [7, 11) is 3.39. The van der Waals surface area contributed by atoms with Crippen LogP contribution in [-0.4, -0.2) is 66.2 Å². The zero-order chi connectivity index (χ0) is 33.1. The highest BCUT2D eigenvalue weighted by molar-refractivity contribution is 6.30. The zero-order valence-corrected chi connectivity index (χ0v) is 27.4. The van der Waals surface area contributed by atoms with E-state index >= 15 is 0 Å². The van der Waals surface area contributed by atoms with Crippen molar-refractivity contribution < 1.29 is 24.2 Å². The first-order valence-corrected chi connectivity index (χ1v) is 16.5. The van der Waals surface area contributed by atoms with Crippen molar-refractivity contribution >= 4 is 29.6 Å². The van der Waals surface area contributed by atoms with Crippen LogP contribution >= 0.6 is 11.6 Å². The number of carbonyl (C=O) groups excluding carboxylic acids is 2. The molecule has 4 aromatic rings. The van der Waals surface area contributed by atoms with Crippen LogP contribution in [0.3, 0.4) is 0 Å². The summed E-state index contributed by atoms with van der Waals surface area (Å²) in [4.78, 5) is 42.9. The maximum absolute atomic E-state index is 14.0. The van der Waals surface area contributed by atoms with E-state index in [0.29, 0.717) is 11.4 Å². The smallest absolute Gasteiger partial charge is 0.409 e. The number of ether oxygens (including phenoxy) is 1. The van der Waals surface area contributed by atoms with E-state index in [4.69, 9.17) is 16.3 Å². The van der Waals surface area contributed by atoms with Crippen molar-refractivity contribution in [2.45, 2.75) is 43.6 Å². The van der Waals surface area contributed by atoms with Gasteiger partial charge in [0, 0.05) is 31.6 Å². The number of fused-ring (bicyclic) bond motifs is 4. The molecule has 0 spiro atoms. The van der Waals surface area contributed by atoms with Gasteiger partial charge in [-0.25, -0.2) is 4.79 Å². The predicted molar refractivity (Wildman–Crippen MR) is 183 cm³/mol. The quantitative estimate of drug-likeness (QED) is 0.183. The lowest BCUT2D eigenvalue weighted by atomic mass is 9.84. The lowest BCUT2D eigenvalue weighted by Crippen LogP contribution is -2.48. The molecule has 3 atom stereocenters. The van der Waals surface area contributed by atoms with Gasteiger partial charge in [-0.1, -0.05) is 96.5 Å². The minimum absolute atomic E-state index is 0.0789. The van der Waals surface area contributed by atoms with Crippen LogP contribution in [0.15, 0.2) is 97.1 Å². The monoisotopic (exact) mass is 650 g/mol. The molecule has 1 N–H and O–H groups in total. The van der Waals surface area contributed by atoms with Crippen molar-refractivity contribution in [1.29, 1.82) is 0 Å². The Bertz CT molecular complexity index is 1730. The number of aryl methyl sites for hydroxylation is 1. The summed E-state index contributed by atoms with van der Waals surface area (Å²) in [5.74, 6) is -2.21. The van der Waals surface area contributed by atoms with E-state index in [-0.39, 0.29) is 37.3 Å². The number of benzene rings is 4. The lowest BCUT2D eigenvalue weighted by molar-refractivity contribution is -0.145. The molecule has 0 bridgehead atoms. The summed E-state index contributed by atoms with van der Waals surface area (Å²) in [5.41, 5.74) is 7.73. The molecule has 2 aliphatic carbocycles. The highest BCUT2D eigenvalue weighted by atomic mass is 35.5. The van der Waals surface area contributed by atoms with Gasteiger partial charge in [-0.3, -0.25) is 9.59 Å². The number of carboxylic acid groups (broad SMARTS) is 1. The zero-order valence-electron chi connectivity index (χ0n) is 26.6. The maximum Gasteiger partial charge on any atom is 0.409 e. The molecule has 8 heteroatoms. The molecule has 0 heterocycles. The summed E-state index contributed by atoms with van der Waals surface area (Å²) in [6, 6.07) is 31.3. The van der Waals surface area contributed by atoms with Crippen molar-refractivity contribution in [1.82, 2.24) is 9.80 Å². The number of aliphatic carboxylic acids is 1. The van der Waals surface area contributed by atoms with Crippen LogP contribution in [0.5, 0.6) is 0 Å². The summed E-state index contributed by atoms with van der Waals surface area (Å²) >= 11 is 6.15. The molecule has 242 valence electrons. The maximum atomic E-state index is 14.0. The Morgan fingerprint density at radius 2 is 1.45 bits per heavy atom. The number of hydrogen-bond donors (Lipinski definition) is 1. The summed E-state index contributed by atoms with van der Waals surface area (Å²) in [5, 5.41) is 10.4. The van der Waals surface area contributed by atoms with Gasteiger partial charge in [0.05, 0.1) is 18.4 Å². The standard InChI is InChI=1S/C39H39ClN2O5/c1-41(38(45)35(22-37(43)44)34-20-17-26-9-3-4-10-29(26)34)23-28(21-25-15-18-27(40)19-16-25)42(2)39(46)47-24-36-32-13-7-5-11-30(32)31-12-6-8-14-33(31)36/h3-16,18-19,28,34-36H,17,20-24H2,1-2H3,(H,43,44)/t28-,34+,35+/m1/s1. The number of halogens is 1. The van der Waals surface area contributed by atoms with Crippen LogP contribution in [0.1, 0.15) is 52.5 Å². The Kier molecular flexibility index (Phi) is 9.64. The molecule has 0 aliphatic heterocycles. The molecule has 47 heavy (non-hydrogen) atoms. The number of amides is 2. The average Bonchev–Trinajstić information content (AvgIpc) is 3.65. The third kappa shape index (κ3) is 6.91. The van der Waals surface area contributed by atoms with E-state index in [1.165, 1.54) is 5.56 Å². The normalized spacial score (nSPS) is 16.0. The number of nitrogens with zero attached hydrogens (tertiary/aromatic N) is 2. The fourth-order valence-electron chi connectivity index (χ4n) is 7.35. The summed E-state index contributed by atoms with van der Waals surface area (Å²) in [6.07, 6.45) is 1.25. The first-order chi connectivity index (χ1) is 22.7. The van der Waals surface area contributed by atoms with Gasteiger partial charge in [0.2, 0.25) is 5.91 Å². The van der Waals surface area contributed by atoms with E-state index in [0.717, 1.165) is 46.2 Å². The molecule has 0 radical (unpaired) electrons. The molecule has 0 fully saturated rings. The largest absolute Gasteiger partial charge is 0.481 e. The van der Waals surface area contributed by atoms with Crippen molar-refractivity contribution in [2.24, 2.45) is 5.92 Å². The van der Waals surface area contributed by atoms with Crippen molar-refractivity contribution in [2.75, 3.05) is 27.2 Å². The average molecular weight is 651 g/mol. The summed E-state index contributed by atoms with van der Waals surface area (Å²) in [6.45, 7) is 0.383. The molecule has 4 aromatic carbocycles. The number of rotatable bonds is 11. The highest BCUT2D eigenvalue weighted by Crippen LogP contribution is 2.45. The molecule has 0 saturated heterocycles. The second-order valence-electron chi connectivity index (χ2n) is 12.7. The molecule has 2 amide bonds. The van der Waals surface area contributed by atoms with E-state index in [2.05, 4.69) is 24.3 Å². The van der Waals surface area contributed by atoms with E-state index < -0.39 is 24.0 Å². The number of likely N-dealkylation sites (N-methyl/N-ethyl adjacent to an activating group) is 2. The van der Waals surface area contributed by atoms with Crippen LogP contribution in [0.2, 0.25) is 5.02 Å². The van der Waals surface area contributed by atoms with Gasteiger partial charge in [-0.05, 0) is 76.3 Å². The van der Waals surface area contributed by atoms with E-state index in [1.54, 1.807) is 36.0 Å². The van der Waals surface area contributed by atoms with Crippen molar-refractivity contribution in [3.63, 3.8) is 0 Å². The lowest BCUT2D eigenvalue weighted by Gasteiger charge is -2.34. The minimum Gasteiger partial charge on any atom is -0.481 e. The second-order valence-corrected chi connectivity index (χ2v) is 13.1. The van der Waals surface area contributed by atoms with Crippen LogP contribution < -0.4 is 0 Å². The Labute approximate surface area is 280 Å². The fraction of sp³-hybridized carbons (Fsp3) is 0.308. The predicted octanol–water partition coefficient (Wildman–Crippen LogP) is 7.41. The van der Waals surface area contributed by atoms with Crippen LogP contribution in [0.4, 0.5) is 4.79 Å². The van der Waals surface area contributed by atoms with E-state index in [1.807, 2.05) is 60.7 Å². The Balaban J connectivity index is 1.20. The van der Waals surface area contributed by atoms with Gasteiger partial charge in [0.1, 0.15) is 6.61 Å². The molecule has 0 saturated carbocycles. The van der Waals surface area contributed by atoms with Crippen molar-refractivity contribution in [3.8, 4) is 11.1 Å². The topological polar surface area (TPSA) is 87.2 Å². The van der Waals surface area contributed by atoms with Gasteiger partial charge >= 0.3 is 12.1 Å². The summed E-state index contributed by atoms with van der Waals surface area (Å²) < 4.78 is 5.99. The number of carboxylic acids is 1. The Hall–Kier alpha value is -4.62. The SMILES string of the molecule is CN(C[C@@H](Cc1ccc(Cl)cc1)N(C)C(=O)OCC1c2ccccc2-c2ccccc21)C(=O)[C@@H](CC(=O)O)[C@H]1CCc2ccccc21. The minimum atomic E-state index is -1.00. The molecule has 2 aliphatic rings. The first kappa shape index (κ1) is 32.3. The molecular weight excluding hydrogens is 612 g/mol. The second kappa shape index (κ2) is 14.0. The first-order valence-electron chi connectivity index (χ1n) is 16.1. The molecule has 6 rings (SSSR count). The van der Waals surface area contributed by atoms with Gasteiger partial charge in [-0.2, -0.15) is 0 Å². The third-order valence-electron chi connectivity index (χ3n) is 9.79. The fourth-order valence-corrected chi connectivity index (χ4v) is 7.47. The van der Waals surface area contributed by atoms with E-state index in [9.17, 15) is 19.5 Å². The molecule has 7 nitrogen and oxygen atoms in total. The third-order valence-corrected chi connectivity index (χ3v) is 10.0. The number of hydrogen-bond acceptors (Lipinski definition) is 4. The van der Waals surface area contributed by atoms with Crippen LogP contribution in [0.25, 0.3) is 11.1 Å². The number of carbonyl (C=O) groups is 3.